The van der Waals surface area contributed by atoms with Gasteiger partial charge in [0.05, 0.1) is 6.26 Å². The molecule has 1 heterocycles. The first kappa shape index (κ1) is 7.93. The summed E-state index contributed by atoms with van der Waals surface area (Å²) in [6.07, 6.45) is 5.74. The number of hydrogen-bond acceptors (Lipinski definition) is 3. The second-order valence-corrected chi connectivity index (χ2v) is 3.75. The van der Waals surface area contributed by atoms with E-state index < -0.39 is 8.60 Å². The van der Waals surface area contributed by atoms with E-state index in [1.54, 1.807) is 0 Å². The summed E-state index contributed by atoms with van der Waals surface area (Å²) in [7, 11) is -1.19. The van der Waals surface area contributed by atoms with Gasteiger partial charge >= 0.3 is 8.60 Å². The topological polar surface area (TPSA) is 27.7 Å². The van der Waals surface area contributed by atoms with Gasteiger partial charge in [-0.25, -0.2) is 0 Å². The van der Waals surface area contributed by atoms with Crippen LogP contribution in [0.3, 0.4) is 0 Å². The third-order valence-electron chi connectivity index (χ3n) is 1.90. The van der Waals surface area contributed by atoms with Crippen LogP contribution >= 0.6 is 8.60 Å². The van der Waals surface area contributed by atoms with Crippen LogP contribution in [0.1, 0.15) is 25.7 Å². The summed E-state index contributed by atoms with van der Waals surface area (Å²) >= 11 is 0. The lowest BCUT2D eigenvalue weighted by molar-refractivity contribution is 0.323. The summed E-state index contributed by atoms with van der Waals surface area (Å²) in [5, 5.41) is 0. The van der Waals surface area contributed by atoms with Crippen LogP contribution < -0.4 is 0 Å². The molecular formula is C8H11O3P. The molecule has 0 amide bonds. The Hall–Kier alpha value is -0.690. The molecular weight excluding hydrogens is 175 g/mol. The van der Waals surface area contributed by atoms with Gasteiger partial charge in [0.1, 0.15) is 11.5 Å². The van der Waals surface area contributed by atoms with Gasteiger partial charge in [0.2, 0.25) is 0 Å². The van der Waals surface area contributed by atoms with E-state index in [9.17, 15) is 0 Å². The highest BCUT2D eigenvalue weighted by Gasteiger charge is 2.32. The van der Waals surface area contributed by atoms with Gasteiger partial charge in [0, 0.05) is 12.8 Å². The van der Waals surface area contributed by atoms with Crippen LogP contribution in [-0.4, -0.2) is 0 Å². The van der Waals surface area contributed by atoms with Gasteiger partial charge < -0.3 is 13.6 Å². The maximum atomic E-state index is 5.43. The summed E-state index contributed by atoms with van der Waals surface area (Å²) < 4.78 is 15.9. The lowest BCUT2D eigenvalue weighted by Crippen LogP contribution is -1.94. The smallest absolute Gasteiger partial charge is 0.417 e. The molecule has 66 valence electrons. The molecule has 0 spiro atoms. The first-order chi connectivity index (χ1) is 5.90. The Morgan fingerprint density at radius 2 is 1.83 bits per heavy atom. The van der Waals surface area contributed by atoms with Crippen molar-refractivity contribution in [1.29, 1.82) is 0 Å². The molecule has 0 fully saturated rings. The molecule has 0 N–H and O–H groups in total. The standard InChI is InChI=1S/C8H11O3P/c1-2-9-12-10-7-5-3-4-6-8(7)11-12/h2H,1,3-6H2. The lowest BCUT2D eigenvalue weighted by atomic mass is 10.1. The average molecular weight is 186 g/mol. The van der Waals surface area contributed by atoms with Gasteiger partial charge in [-0.05, 0) is 12.8 Å². The van der Waals surface area contributed by atoms with E-state index in [0.29, 0.717) is 0 Å². The first-order valence-electron chi connectivity index (χ1n) is 4.06. The van der Waals surface area contributed by atoms with E-state index in [1.165, 1.54) is 19.1 Å². The molecule has 0 aromatic carbocycles. The van der Waals surface area contributed by atoms with Gasteiger partial charge in [0.25, 0.3) is 0 Å². The van der Waals surface area contributed by atoms with Crippen molar-refractivity contribution < 1.29 is 13.6 Å². The molecule has 4 heteroatoms. The van der Waals surface area contributed by atoms with Crippen molar-refractivity contribution in [2.45, 2.75) is 25.7 Å². The molecule has 1 aliphatic carbocycles. The molecule has 2 aliphatic rings. The highest BCUT2D eigenvalue weighted by molar-refractivity contribution is 7.42. The molecule has 0 bridgehead atoms. The fourth-order valence-electron chi connectivity index (χ4n) is 1.35. The number of hydrogen-bond donors (Lipinski definition) is 0. The second-order valence-electron chi connectivity index (χ2n) is 2.73. The summed E-state index contributed by atoms with van der Waals surface area (Å²) in [6.45, 7) is 3.46. The monoisotopic (exact) mass is 186 g/mol. The second kappa shape index (κ2) is 3.36. The highest BCUT2D eigenvalue weighted by Crippen LogP contribution is 2.54. The Labute approximate surface area is 73.0 Å². The lowest BCUT2D eigenvalue weighted by Gasteiger charge is -2.07. The summed E-state index contributed by atoms with van der Waals surface area (Å²) in [4.78, 5) is 0. The summed E-state index contributed by atoms with van der Waals surface area (Å²) in [5.41, 5.74) is 0. The van der Waals surface area contributed by atoms with Crippen LogP contribution in [0, 0.1) is 0 Å². The van der Waals surface area contributed by atoms with E-state index in [4.69, 9.17) is 13.6 Å². The Kier molecular flexibility index (Phi) is 2.22. The van der Waals surface area contributed by atoms with E-state index in [-0.39, 0.29) is 0 Å². The van der Waals surface area contributed by atoms with Gasteiger partial charge in [0.15, 0.2) is 0 Å². The van der Waals surface area contributed by atoms with E-state index in [0.717, 1.165) is 24.4 Å². The Balaban J connectivity index is 1.97. The Morgan fingerprint density at radius 3 is 2.33 bits per heavy atom. The molecule has 0 unspecified atom stereocenters. The summed E-state index contributed by atoms with van der Waals surface area (Å²) in [6, 6.07) is 0. The van der Waals surface area contributed by atoms with Gasteiger partial charge in [-0.3, -0.25) is 0 Å². The van der Waals surface area contributed by atoms with Gasteiger partial charge in [-0.1, -0.05) is 6.58 Å². The fraction of sp³-hybridized carbons (Fsp3) is 0.500. The zero-order valence-corrected chi connectivity index (χ0v) is 7.68. The van der Waals surface area contributed by atoms with Gasteiger partial charge in [-0.2, -0.15) is 0 Å². The minimum Gasteiger partial charge on any atom is -0.417 e. The van der Waals surface area contributed by atoms with Crippen LogP contribution in [0.2, 0.25) is 0 Å². The van der Waals surface area contributed by atoms with Crippen molar-refractivity contribution in [2.75, 3.05) is 0 Å². The zero-order valence-electron chi connectivity index (χ0n) is 6.78. The van der Waals surface area contributed by atoms with Crippen LogP contribution in [-0.2, 0) is 13.6 Å². The minimum absolute atomic E-state index is 0.995. The van der Waals surface area contributed by atoms with E-state index in [1.807, 2.05) is 0 Å². The van der Waals surface area contributed by atoms with Crippen LogP contribution in [0.5, 0.6) is 0 Å². The van der Waals surface area contributed by atoms with Crippen molar-refractivity contribution in [3.63, 3.8) is 0 Å². The van der Waals surface area contributed by atoms with Crippen LogP contribution in [0.15, 0.2) is 24.4 Å². The average Bonchev–Trinajstić information content (AvgIpc) is 2.47. The molecule has 0 aromatic rings. The molecule has 2 rings (SSSR count). The zero-order chi connectivity index (χ0) is 8.39. The van der Waals surface area contributed by atoms with Gasteiger partial charge in [-0.15, -0.1) is 0 Å². The van der Waals surface area contributed by atoms with Crippen LogP contribution in [0.25, 0.3) is 0 Å². The quantitative estimate of drug-likeness (QED) is 0.489. The predicted molar refractivity (Wildman–Crippen MR) is 45.9 cm³/mol. The predicted octanol–water partition coefficient (Wildman–Crippen LogP) is 3.21. The molecule has 0 aromatic heterocycles. The molecule has 12 heavy (non-hydrogen) atoms. The highest BCUT2D eigenvalue weighted by atomic mass is 31.2. The van der Waals surface area contributed by atoms with Crippen molar-refractivity contribution >= 4 is 8.60 Å². The molecule has 1 aliphatic heterocycles. The van der Waals surface area contributed by atoms with E-state index >= 15 is 0 Å². The molecule has 0 atom stereocenters. The van der Waals surface area contributed by atoms with Crippen LogP contribution in [0.4, 0.5) is 0 Å². The Morgan fingerprint density at radius 1 is 1.25 bits per heavy atom. The molecule has 0 saturated carbocycles. The minimum atomic E-state index is -1.19. The van der Waals surface area contributed by atoms with Crippen molar-refractivity contribution in [1.82, 2.24) is 0 Å². The largest absolute Gasteiger partial charge is 0.529 e. The SMILES string of the molecule is C=COP1OC2=C(CCCC2)O1. The third-order valence-corrected chi connectivity index (χ3v) is 2.96. The van der Waals surface area contributed by atoms with Crippen molar-refractivity contribution in [2.24, 2.45) is 0 Å². The first-order valence-corrected chi connectivity index (χ1v) is 5.15. The number of rotatable bonds is 2. The van der Waals surface area contributed by atoms with Crippen molar-refractivity contribution in [3.8, 4) is 0 Å². The van der Waals surface area contributed by atoms with E-state index in [2.05, 4.69) is 6.58 Å². The number of allylic oxidation sites excluding steroid dienone is 2. The summed E-state index contributed by atoms with van der Waals surface area (Å²) in [5.74, 6) is 1.99. The fourth-order valence-corrected chi connectivity index (χ4v) is 2.34. The molecule has 0 radical (unpaired) electrons. The van der Waals surface area contributed by atoms with Crippen molar-refractivity contribution in [3.05, 3.63) is 24.4 Å². The molecule has 3 nitrogen and oxygen atoms in total. The maximum Gasteiger partial charge on any atom is 0.529 e. The Bertz CT molecular complexity index is 206. The molecule has 0 saturated heterocycles. The third kappa shape index (κ3) is 1.42. The maximum absolute atomic E-state index is 5.43. The normalized spacial score (nSPS) is 22.7.